The number of nitrogens with zero attached hydrogens (tertiary/aromatic N) is 4. The van der Waals surface area contributed by atoms with Gasteiger partial charge < -0.3 is 0 Å². The van der Waals surface area contributed by atoms with Crippen LogP contribution in [-0.4, -0.2) is 20.4 Å². The Morgan fingerprint density at radius 3 is 1.19 bits per heavy atom. The highest BCUT2D eigenvalue weighted by Crippen LogP contribution is 2.35. The Kier molecular flexibility index (Phi) is 7.94. The molecule has 0 radical (unpaired) electrons. The van der Waals surface area contributed by atoms with Crippen LogP contribution in [0.25, 0.3) is 42.3 Å². The zero-order valence-electron chi connectivity index (χ0n) is 20.8. The van der Waals surface area contributed by atoms with Crippen LogP contribution >= 0.6 is 22.7 Å². The van der Waals surface area contributed by atoms with Crippen molar-refractivity contribution < 1.29 is 0 Å². The van der Waals surface area contributed by atoms with Gasteiger partial charge in [-0.25, -0.2) is 0 Å². The highest BCUT2D eigenvalue weighted by atomic mass is 32.1. The minimum absolute atomic E-state index is 0.564. The van der Waals surface area contributed by atoms with E-state index in [-0.39, 0.29) is 0 Å². The predicted molar refractivity (Wildman–Crippen MR) is 152 cm³/mol. The van der Waals surface area contributed by atoms with Crippen LogP contribution in [0.15, 0.2) is 72.8 Å². The van der Waals surface area contributed by atoms with Crippen molar-refractivity contribution in [2.75, 3.05) is 0 Å². The molecule has 0 atom stereocenters. The minimum atomic E-state index is 0.564. The van der Waals surface area contributed by atoms with E-state index < -0.39 is 0 Å². The summed E-state index contributed by atoms with van der Waals surface area (Å²) >= 11 is 3.34. The molecule has 36 heavy (non-hydrogen) atoms. The lowest BCUT2D eigenvalue weighted by molar-refractivity contribution is 0.795. The quantitative estimate of drug-likeness (QED) is 0.188. The third-order valence-corrected chi connectivity index (χ3v) is 8.51. The molecule has 0 aliphatic heterocycles. The second kappa shape index (κ2) is 11.7. The molecule has 0 amide bonds. The van der Waals surface area contributed by atoms with Crippen LogP contribution in [0.3, 0.4) is 0 Å². The molecule has 0 fully saturated rings. The summed E-state index contributed by atoms with van der Waals surface area (Å²) in [5.74, 6) is 1.13. The Morgan fingerprint density at radius 2 is 0.833 bits per heavy atom. The maximum absolute atomic E-state index is 4.40. The standard InChI is InChI=1S/C30H30N4S2/c1-3-5-7-21-9-13-23(14-10-21)25-17-19-27(35-25)29-31-33-30(34-32-29)28-20-18-26(36-28)24-15-11-22(12-16-24)8-6-4-2/h9-20H,3-8H2,1-2H3. The van der Waals surface area contributed by atoms with Crippen molar-refractivity contribution in [1.29, 1.82) is 0 Å². The lowest BCUT2D eigenvalue weighted by Crippen LogP contribution is -1.97. The lowest BCUT2D eigenvalue weighted by atomic mass is 10.1. The van der Waals surface area contributed by atoms with Gasteiger partial charge in [-0.3, -0.25) is 0 Å². The van der Waals surface area contributed by atoms with Crippen LogP contribution in [0.4, 0.5) is 0 Å². The van der Waals surface area contributed by atoms with Crippen LogP contribution in [0.2, 0.25) is 0 Å². The molecule has 0 unspecified atom stereocenters. The van der Waals surface area contributed by atoms with Gasteiger partial charge in [0.25, 0.3) is 0 Å². The maximum atomic E-state index is 4.40. The Morgan fingerprint density at radius 1 is 0.472 bits per heavy atom. The summed E-state index contributed by atoms with van der Waals surface area (Å²) in [5.41, 5.74) is 5.22. The Hall–Kier alpha value is -3.22. The predicted octanol–water partition coefficient (Wildman–Crippen LogP) is 8.74. The van der Waals surface area contributed by atoms with Gasteiger partial charge in [-0.15, -0.1) is 43.1 Å². The van der Waals surface area contributed by atoms with Crippen LogP contribution in [0, 0.1) is 0 Å². The fourth-order valence-electron chi connectivity index (χ4n) is 4.09. The summed E-state index contributed by atoms with van der Waals surface area (Å²) in [6.07, 6.45) is 7.18. The molecule has 0 saturated heterocycles. The number of rotatable bonds is 10. The molecule has 182 valence electrons. The maximum Gasteiger partial charge on any atom is 0.213 e. The van der Waals surface area contributed by atoms with Gasteiger partial charge in [0, 0.05) is 9.75 Å². The van der Waals surface area contributed by atoms with E-state index in [0.717, 1.165) is 22.6 Å². The van der Waals surface area contributed by atoms with Crippen molar-refractivity contribution in [3.8, 4) is 42.3 Å². The molecule has 0 bridgehead atoms. The molecule has 0 N–H and O–H groups in total. The number of aryl methyl sites for hydroxylation is 2. The van der Waals surface area contributed by atoms with Crippen molar-refractivity contribution >= 4 is 22.7 Å². The van der Waals surface area contributed by atoms with E-state index in [2.05, 4.69) is 107 Å². The summed E-state index contributed by atoms with van der Waals surface area (Å²) < 4.78 is 0. The number of thiophene rings is 2. The molecule has 5 aromatic rings. The van der Waals surface area contributed by atoms with Gasteiger partial charge in [0.2, 0.25) is 11.6 Å². The molecule has 2 aromatic carbocycles. The molecule has 4 nitrogen and oxygen atoms in total. The van der Waals surface area contributed by atoms with Crippen LogP contribution in [0.5, 0.6) is 0 Å². The fourth-order valence-corrected chi connectivity index (χ4v) is 5.96. The fraction of sp³-hybridized carbons (Fsp3) is 0.267. The minimum Gasteiger partial charge on any atom is -0.132 e. The number of benzene rings is 2. The van der Waals surface area contributed by atoms with Gasteiger partial charge >= 0.3 is 0 Å². The number of unbranched alkanes of at least 4 members (excludes halogenated alkanes) is 2. The van der Waals surface area contributed by atoms with Crippen LogP contribution in [-0.2, 0) is 12.8 Å². The number of hydrogen-bond donors (Lipinski definition) is 0. The third kappa shape index (κ3) is 5.77. The van der Waals surface area contributed by atoms with E-state index >= 15 is 0 Å². The van der Waals surface area contributed by atoms with Gasteiger partial charge in [0.05, 0.1) is 9.75 Å². The first kappa shape index (κ1) is 24.5. The van der Waals surface area contributed by atoms with E-state index in [9.17, 15) is 0 Å². The second-order valence-corrected chi connectivity index (χ2v) is 11.1. The Balaban J connectivity index is 1.27. The third-order valence-electron chi connectivity index (χ3n) is 6.25. The summed E-state index contributed by atoms with van der Waals surface area (Å²) in [4.78, 5) is 4.34. The molecule has 3 heterocycles. The summed E-state index contributed by atoms with van der Waals surface area (Å²) in [6.45, 7) is 4.46. The molecule has 6 heteroatoms. The molecule has 3 aromatic heterocycles. The molecule has 0 aliphatic rings. The highest BCUT2D eigenvalue weighted by molar-refractivity contribution is 7.19. The summed E-state index contributed by atoms with van der Waals surface area (Å²) in [7, 11) is 0. The smallest absolute Gasteiger partial charge is 0.132 e. The van der Waals surface area contributed by atoms with Crippen molar-refractivity contribution in [1.82, 2.24) is 20.4 Å². The first-order chi connectivity index (χ1) is 17.7. The van der Waals surface area contributed by atoms with E-state index in [0.29, 0.717) is 11.6 Å². The Bertz CT molecular complexity index is 1280. The van der Waals surface area contributed by atoms with Crippen molar-refractivity contribution in [3.05, 3.63) is 83.9 Å². The highest BCUT2D eigenvalue weighted by Gasteiger charge is 2.12. The first-order valence-corrected chi connectivity index (χ1v) is 14.3. The van der Waals surface area contributed by atoms with E-state index in [4.69, 9.17) is 0 Å². The van der Waals surface area contributed by atoms with Crippen molar-refractivity contribution in [2.45, 2.75) is 52.4 Å². The van der Waals surface area contributed by atoms with Crippen LogP contribution in [0.1, 0.15) is 50.7 Å². The average Bonchev–Trinajstić information content (AvgIpc) is 3.62. The van der Waals surface area contributed by atoms with E-state index in [1.807, 2.05) is 0 Å². The summed E-state index contributed by atoms with van der Waals surface area (Å²) in [5, 5.41) is 17.6. The van der Waals surface area contributed by atoms with E-state index in [1.165, 1.54) is 57.7 Å². The summed E-state index contributed by atoms with van der Waals surface area (Å²) in [6, 6.07) is 26.1. The second-order valence-electron chi connectivity index (χ2n) is 8.98. The molecule has 5 rings (SSSR count). The molecule has 0 saturated carbocycles. The normalized spacial score (nSPS) is 11.2. The van der Waals surface area contributed by atoms with Gasteiger partial charge in [0.15, 0.2) is 0 Å². The molecular formula is C30H30N4S2. The molecule has 0 aliphatic carbocycles. The van der Waals surface area contributed by atoms with Crippen molar-refractivity contribution in [2.24, 2.45) is 0 Å². The molecule has 0 spiro atoms. The largest absolute Gasteiger partial charge is 0.213 e. The number of hydrogen-bond acceptors (Lipinski definition) is 6. The lowest BCUT2D eigenvalue weighted by Gasteiger charge is -2.02. The monoisotopic (exact) mass is 510 g/mol. The van der Waals surface area contributed by atoms with Gasteiger partial charge in [-0.05, 0) is 72.2 Å². The van der Waals surface area contributed by atoms with Crippen molar-refractivity contribution in [3.63, 3.8) is 0 Å². The van der Waals surface area contributed by atoms with Gasteiger partial charge in [-0.2, -0.15) is 0 Å². The number of aromatic nitrogens is 4. The zero-order chi connectivity index (χ0) is 24.7. The first-order valence-electron chi connectivity index (χ1n) is 12.7. The Labute approximate surface area is 221 Å². The van der Waals surface area contributed by atoms with Gasteiger partial charge in [-0.1, -0.05) is 75.2 Å². The molecular weight excluding hydrogens is 480 g/mol. The topological polar surface area (TPSA) is 51.6 Å². The average molecular weight is 511 g/mol. The van der Waals surface area contributed by atoms with E-state index in [1.54, 1.807) is 22.7 Å². The zero-order valence-corrected chi connectivity index (χ0v) is 22.4. The van der Waals surface area contributed by atoms with Crippen LogP contribution < -0.4 is 0 Å². The van der Waals surface area contributed by atoms with Gasteiger partial charge in [0.1, 0.15) is 0 Å². The SMILES string of the molecule is CCCCc1ccc(-c2ccc(-c3nnc(-c4ccc(-c5ccc(CCCC)cc5)s4)nn3)s2)cc1.